The summed E-state index contributed by atoms with van der Waals surface area (Å²) in [7, 11) is -3.26. The zero-order valence-electron chi connectivity index (χ0n) is 9.70. The van der Waals surface area contributed by atoms with Crippen molar-refractivity contribution >= 4 is 10.1 Å². The quantitative estimate of drug-likeness (QED) is 0.431. The zero-order chi connectivity index (χ0) is 11.6. The molecule has 0 bridgehead atoms. The van der Waals surface area contributed by atoms with Crippen molar-refractivity contribution in [2.24, 2.45) is 0 Å². The van der Waals surface area contributed by atoms with Crippen LogP contribution in [-0.2, 0) is 19.0 Å². The molecule has 5 heteroatoms. The van der Waals surface area contributed by atoms with Gasteiger partial charge in [-0.05, 0) is 25.7 Å². The summed E-state index contributed by atoms with van der Waals surface area (Å²) in [6.07, 6.45) is 6.02. The van der Waals surface area contributed by atoms with Crippen molar-refractivity contribution in [3.8, 4) is 0 Å². The fourth-order valence-electron chi connectivity index (χ4n) is 1.04. The van der Waals surface area contributed by atoms with Crippen molar-refractivity contribution in [1.29, 1.82) is 0 Å². The molecular formula is C10H22O4S. The van der Waals surface area contributed by atoms with Crippen molar-refractivity contribution in [1.82, 2.24) is 0 Å². The number of ether oxygens (including phenoxy) is 1. The van der Waals surface area contributed by atoms with E-state index in [2.05, 4.69) is 11.1 Å². The smallest absolute Gasteiger partial charge is 0.264 e. The SMILES string of the molecule is CCCCOCCCCCOS(C)(=O)=O. The van der Waals surface area contributed by atoms with Crippen LogP contribution in [-0.4, -0.2) is 34.5 Å². The molecule has 0 rings (SSSR count). The monoisotopic (exact) mass is 238 g/mol. The van der Waals surface area contributed by atoms with Crippen LogP contribution >= 0.6 is 0 Å². The van der Waals surface area contributed by atoms with Crippen molar-refractivity contribution in [3.63, 3.8) is 0 Å². The van der Waals surface area contributed by atoms with Crippen LogP contribution in [0.3, 0.4) is 0 Å². The van der Waals surface area contributed by atoms with Crippen LogP contribution in [0.2, 0.25) is 0 Å². The van der Waals surface area contributed by atoms with E-state index in [0.717, 1.165) is 51.6 Å². The first-order valence-corrected chi connectivity index (χ1v) is 7.30. The van der Waals surface area contributed by atoms with Gasteiger partial charge in [-0.1, -0.05) is 13.3 Å². The highest BCUT2D eigenvalue weighted by Gasteiger charge is 1.99. The Bertz CT molecular complexity index is 224. The molecule has 92 valence electrons. The molecule has 0 saturated heterocycles. The molecule has 0 aliphatic rings. The van der Waals surface area contributed by atoms with Crippen LogP contribution in [0.1, 0.15) is 39.0 Å². The van der Waals surface area contributed by atoms with Gasteiger partial charge in [0, 0.05) is 13.2 Å². The third-order valence-electron chi connectivity index (χ3n) is 1.87. The number of hydrogen-bond acceptors (Lipinski definition) is 4. The molecule has 0 aromatic carbocycles. The standard InChI is InChI=1S/C10H22O4S/c1-3-4-8-13-9-6-5-7-10-14-15(2,11)12/h3-10H2,1-2H3. The predicted molar refractivity (Wildman–Crippen MR) is 60.4 cm³/mol. The van der Waals surface area contributed by atoms with Gasteiger partial charge in [-0.25, -0.2) is 0 Å². The van der Waals surface area contributed by atoms with E-state index in [1.807, 2.05) is 0 Å². The Morgan fingerprint density at radius 1 is 0.933 bits per heavy atom. The third-order valence-corrected chi connectivity index (χ3v) is 2.47. The van der Waals surface area contributed by atoms with Gasteiger partial charge >= 0.3 is 0 Å². The minimum Gasteiger partial charge on any atom is -0.381 e. The van der Waals surface area contributed by atoms with Gasteiger partial charge in [-0.3, -0.25) is 4.18 Å². The van der Waals surface area contributed by atoms with E-state index in [1.165, 1.54) is 0 Å². The second-order valence-corrected chi connectivity index (χ2v) is 5.20. The first-order chi connectivity index (χ1) is 7.06. The Balaban J connectivity index is 3.06. The second kappa shape index (κ2) is 9.12. The molecular weight excluding hydrogens is 216 g/mol. The lowest BCUT2D eigenvalue weighted by molar-refractivity contribution is 0.126. The van der Waals surface area contributed by atoms with Crippen LogP contribution in [0.4, 0.5) is 0 Å². The molecule has 0 heterocycles. The average Bonchev–Trinajstić information content (AvgIpc) is 2.14. The average molecular weight is 238 g/mol. The lowest BCUT2D eigenvalue weighted by atomic mass is 10.2. The summed E-state index contributed by atoms with van der Waals surface area (Å²) in [5.41, 5.74) is 0. The highest BCUT2D eigenvalue weighted by atomic mass is 32.2. The summed E-state index contributed by atoms with van der Waals surface area (Å²) < 4.78 is 31.2. The van der Waals surface area contributed by atoms with Gasteiger partial charge in [0.15, 0.2) is 0 Å². The topological polar surface area (TPSA) is 52.6 Å². The van der Waals surface area contributed by atoms with Gasteiger partial charge in [-0.2, -0.15) is 8.42 Å². The summed E-state index contributed by atoms with van der Waals surface area (Å²) in [5.74, 6) is 0. The molecule has 0 radical (unpaired) electrons. The largest absolute Gasteiger partial charge is 0.381 e. The zero-order valence-corrected chi connectivity index (χ0v) is 10.5. The normalized spacial score (nSPS) is 11.9. The molecule has 0 aromatic heterocycles. The molecule has 4 nitrogen and oxygen atoms in total. The number of rotatable bonds is 10. The molecule has 0 unspecified atom stereocenters. The summed E-state index contributed by atoms with van der Waals surface area (Å²) >= 11 is 0. The Hall–Kier alpha value is -0.130. The maximum absolute atomic E-state index is 10.6. The molecule has 0 atom stereocenters. The van der Waals surface area contributed by atoms with Crippen LogP contribution in [0.5, 0.6) is 0 Å². The first kappa shape index (κ1) is 14.9. The van der Waals surface area contributed by atoms with E-state index in [0.29, 0.717) is 0 Å². The summed E-state index contributed by atoms with van der Waals surface area (Å²) in [5, 5.41) is 0. The maximum atomic E-state index is 10.6. The molecule has 0 aromatic rings. The van der Waals surface area contributed by atoms with Gasteiger partial charge in [0.25, 0.3) is 10.1 Å². The highest BCUT2D eigenvalue weighted by molar-refractivity contribution is 7.85. The van der Waals surface area contributed by atoms with E-state index >= 15 is 0 Å². The number of hydrogen-bond donors (Lipinski definition) is 0. The highest BCUT2D eigenvalue weighted by Crippen LogP contribution is 1.99. The summed E-state index contributed by atoms with van der Waals surface area (Å²) in [6, 6.07) is 0. The van der Waals surface area contributed by atoms with E-state index in [4.69, 9.17) is 4.74 Å². The molecule has 0 saturated carbocycles. The van der Waals surface area contributed by atoms with Gasteiger partial charge in [0.2, 0.25) is 0 Å². The Morgan fingerprint density at radius 2 is 1.53 bits per heavy atom. The van der Waals surface area contributed by atoms with Gasteiger partial charge < -0.3 is 4.74 Å². The minimum absolute atomic E-state index is 0.286. The van der Waals surface area contributed by atoms with Crippen molar-refractivity contribution in [2.75, 3.05) is 26.1 Å². The van der Waals surface area contributed by atoms with E-state index < -0.39 is 10.1 Å². The van der Waals surface area contributed by atoms with Crippen LogP contribution in [0, 0.1) is 0 Å². The molecule has 0 spiro atoms. The Morgan fingerprint density at radius 3 is 2.13 bits per heavy atom. The molecule has 0 aliphatic heterocycles. The fourth-order valence-corrected chi connectivity index (χ4v) is 1.46. The van der Waals surface area contributed by atoms with Crippen LogP contribution in [0.15, 0.2) is 0 Å². The minimum atomic E-state index is -3.26. The van der Waals surface area contributed by atoms with E-state index in [-0.39, 0.29) is 6.61 Å². The van der Waals surface area contributed by atoms with Crippen LogP contribution < -0.4 is 0 Å². The molecule has 0 N–H and O–H groups in total. The molecule has 0 aliphatic carbocycles. The van der Waals surface area contributed by atoms with Gasteiger partial charge in [-0.15, -0.1) is 0 Å². The van der Waals surface area contributed by atoms with Gasteiger partial charge in [0.05, 0.1) is 12.9 Å². The lowest BCUT2D eigenvalue weighted by Gasteiger charge is -2.03. The van der Waals surface area contributed by atoms with E-state index in [9.17, 15) is 8.42 Å². The van der Waals surface area contributed by atoms with Crippen LogP contribution in [0.25, 0.3) is 0 Å². The fraction of sp³-hybridized carbons (Fsp3) is 1.00. The summed E-state index contributed by atoms with van der Waals surface area (Å²) in [4.78, 5) is 0. The van der Waals surface area contributed by atoms with Gasteiger partial charge in [0.1, 0.15) is 0 Å². The Kier molecular flexibility index (Phi) is 9.04. The Labute approximate surface area is 93.1 Å². The van der Waals surface area contributed by atoms with Crippen molar-refractivity contribution in [3.05, 3.63) is 0 Å². The van der Waals surface area contributed by atoms with Crippen molar-refractivity contribution < 1.29 is 17.3 Å². The second-order valence-electron chi connectivity index (χ2n) is 3.55. The molecule has 0 fully saturated rings. The van der Waals surface area contributed by atoms with Crippen molar-refractivity contribution in [2.45, 2.75) is 39.0 Å². The third kappa shape index (κ3) is 13.9. The summed E-state index contributed by atoms with van der Waals surface area (Å²) in [6.45, 7) is 4.01. The lowest BCUT2D eigenvalue weighted by Crippen LogP contribution is -2.04. The molecule has 15 heavy (non-hydrogen) atoms. The first-order valence-electron chi connectivity index (χ1n) is 5.48. The van der Waals surface area contributed by atoms with E-state index in [1.54, 1.807) is 0 Å². The predicted octanol–water partition coefficient (Wildman–Crippen LogP) is 1.95. The number of unbranched alkanes of at least 4 members (excludes halogenated alkanes) is 3. The molecule has 0 amide bonds. The maximum Gasteiger partial charge on any atom is 0.264 e.